The zero-order valence-electron chi connectivity index (χ0n) is 17.3. The lowest BCUT2D eigenvalue weighted by Crippen LogP contribution is -2.54. The summed E-state index contributed by atoms with van der Waals surface area (Å²) < 4.78 is 5.41. The van der Waals surface area contributed by atoms with Gasteiger partial charge in [-0.05, 0) is 73.4 Å². The summed E-state index contributed by atoms with van der Waals surface area (Å²) in [7, 11) is 0. The highest BCUT2D eigenvalue weighted by Gasteiger charge is 2.32. The largest absolute Gasteiger partial charge is 0.444 e. The zero-order valence-corrected chi connectivity index (χ0v) is 17.3. The second-order valence-corrected chi connectivity index (χ2v) is 9.32. The molecule has 2 aliphatic rings. The molecule has 6 nitrogen and oxygen atoms in total. The van der Waals surface area contributed by atoms with Gasteiger partial charge in [-0.3, -0.25) is 9.69 Å². The average Bonchev–Trinajstić information content (AvgIpc) is 2.59. The summed E-state index contributed by atoms with van der Waals surface area (Å²) in [5.41, 5.74) is -0.487. The van der Waals surface area contributed by atoms with Gasteiger partial charge in [-0.1, -0.05) is 6.42 Å². The molecule has 2 aliphatic heterocycles. The molecule has 6 heteroatoms. The van der Waals surface area contributed by atoms with Gasteiger partial charge < -0.3 is 15.0 Å². The van der Waals surface area contributed by atoms with Crippen LogP contribution in [0.5, 0.6) is 0 Å². The molecule has 0 saturated carbocycles. The molecule has 150 valence electrons. The van der Waals surface area contributed by atoms with Crippen molar-refractivity contribution in [2.45, 2.75) is 77.9 Å². The quantitative estimate of drug-likeness (QED) is 0.830. The van der Waals surface area contributed by atoms with E-state index in [1.54, 1.807) is 4.90 Å². The van der Waals surface area contributed by atoms with E-state index in [0.717, 1.165) is 13.1 Å². The zero-order chi connectivity index (χ0) is 19.4. The number of ether oxygens (including phenoxy) is 1. The lowest BCUT2D eigenvalue weighted by molar-refractivity contribution is -0.127. The molecule has 2 rings (SSSR count). The SMILES string of the molecule is CC(C)(C)OC(=O)N1CCC(C(=O)NCC(C)(C)N2CCCCC2)CC1. The van der Waals surface area contributed by atoms with E-state index in [1.165, 1.54) is 19.3 Å². The van der Waals surface area contributed by atoms with Crippen LogP contribution in [0, 0.1) is 5.92 Å². The second-order valence-electron chi connectivity index (χ2n) is 9.32. The molecule has 26 heavy (non-hydrogen) atoms. The van der Waals surface area contributed by atoms with Gasteiger partial charge in [0.1, 0.15) is 5.60 Å². The summed E-state index contributed by atoms with van der Waals surface area (Å²) >= 11 is 0. The monoisotopic (exact) mass is 367 g/mol. The first-order valence-electron chi connectivity index (χ1n) is 10.1. The number of carbonyl (C=O) groups excluding carboxylic acids is 2. The molecule has 2 heterocycles. The Hall–Kier alpha value is -1.30. The number of piperidine rings is 2. The van der Waals surface area contributed by atoms with Crippen molar-refractivity contribution in [2.24, 2.45) is 5.92 Å². The van der Waals surface area contributed by atoms with Crippen LogP contribution in [0.15, 0.2) is 0 Å². The summed E-state index contributed by atoms with van der Waals surface area (Å²) in [5, 5.41) is 3.16. The molecule has 1 N–H and O–H groups in total. The van der Waals surface area contributed by atoms with E-state index in [-0.39, 0.29) is 23.5 Å². The van der Waals surface area contributed by atoms with Crippen LogP contribution in [-0.2, 0) is 9.53 Å². The van der Waals surface area contributed by atoms with Gasteiger partial charge in [0.2, 0.25) is 5.91 Å². The third kappa shape index (κ3) is 6.15. The van der Waals surface area contributed by atoms with Crippen molar-refractivity contribution in [3.05, 3.63) is 0 Å². The fourth-order valence-electron chi connectivity index (χ4n) is 3.71. The highest BCUT2D eigenvalue weighted by molar-refractivity contribution is 5.79. The van der Waals surface area contributed by atoms with Gasteiger partial charge >= 0.3 is 6.09 Å². The van der Waals surface area contributed by atoms with E-state index in [1.807, 2.05) is 20.8 Å². The van der Waals surface area contributed by atoms with Crippen molar-refractivity contribution < 1.29 is 14.3 Å². The fourth-order valence-corrected chi connectivity index (χ4v) is 3.71. The van der Waals surface area contributed by atoms with Crippen LogP contribution < -0.4 is 5.32 Å². The van der Waals surface area contributed by atoms with Crippen LogP contribution in [0.2, 0.25) is 0 Å². The lowest BCUT2D eigenvalue weighted by atomic mass is 9.94. The Kier molecular flexibility index (Phi) is 6.94. The average molecular weight is 368 g/mol. The van der Waals surface area contributed by atoms with Gasteiger partial charge in [-0.25, -0.2) is 4.79 Å². The maximum Gasteiger partial charge on any atom is 0.410 e. The molecular weight excluding hydrogens is 330 g/mol. The van der Waals surface area contributed by atoms with Crippen molar-refractivity contribution in [2.75, 3.05) is 32.7 Å². The summed E-state index contributed by atoms with van der Waals surface area (Å²) in [4.78, 5) is 28.9. The number of nitrogens with one attached hydrogen (secondary N) is 1. The Morgan fingerprint density at radius 2 is 1.54 bits per heavy atom. The fraction of sp³-hybridized carbons (Fsp3) is 0.900. The predicted octanol–water partition coefficient (Wildman–Crippen LogP) is 3.01. The van der Waals surface area contributed by atoms with Crippen molar-refractivity contribution in [1.82, 2.24) is 15.1 Å². The molecular formula is C20H37N3O3. The summed E-state index contributed by atoms with van der Waals surface area (Å²) in [6.45, 7) is 14.1. The first kappa shape index (κ1) is 21.0. The van der Waals surface area contributed by atoms with Crippen LogP contribution in [0.25, 0.3) is 0 Å². The number of nitrogens with zero attached hydrogens (tertiary/aromatic N) is 2. The summed E-state index contributed by atoms with van der Waals surface area (Å²) in [6, 6.07) is 0. The van der Waals surface area contributed by atoms with Crippen molar-refractivity contribution in [1.29, 1.82) is 0 Å². The Labute approximate surface area is 158 Å². The molecule has 0 bridgehead atoms. The Morgan fingerprint density at radius 3 is 2.08 bits per heavy atom. The smallest absolute Gasteiger partial charge is 0.410 e. The van der Waals surface area contributed by atoms with Gasteiger partial charge in [0.15, 0.2) is 0 Å². The first-order valence-corrected chi connectivity index (χ1v) is 10.1. The van der Waals surface area contributed by atoms with Crippen molar-refractivity contribution in [3.63, 3.8) is 0 Å². The Balaban J connectivity index is 1.75. The van der Waals surface area contributed by atoms with Gasteiger partial charge in [0.25, 0.3) is 0 Å². The van der Waals surface area contributed by atoms with E-state index in [4.69, 9.17) is 4.74 Å². The summed E-state index contributed by atoms with van der Waals surface area (Å²) in [5.74, 6) is 0.116. The standard InChI is InChI=1S/C20H37N3O3/c1-19(2,3)26-18(25)22-13-9-16(10-14-22)17(24)21-15-20(4,5)23-11-7-6-8-12-23/h16H,6-15H2,1-5H3,(H,21,24). The molecule has 0 aromatic rings. The molecule has 0 unspecified atom stereocenters. The minimum Gasteiger partial charge on any atom is -0.444 e. The molecule has 0 aromatic heterocycles. The van der Waals surface area contributed by atoms with Gasteiger partial charge in [-0.2, -0.15) is 0 Å². The molecule has 2 amide bonds. The maximum atomic E-state index is 12.6. The third-order valence-corrected chi connectivity index (χ3v) is 5.42. The molecule has 0 aromatic carbocycles. The topological polar surface area (TPSA) is 61.9 Å². The number of rotatable bonds is 4. The molecule has 0 atom stereocenters. The normalized spacial score (nSPS) is 20.7. The molecule has 0 spiro atoms. The van der Waals surface area contributed by atoms with E-state index in [0.29, 0.717) is 32.5 Å². The Morgan fingerprint density at radius 1 is 0.962 bits per heavy atom. The van der Waals surface area contributed by atoms with Gasteiger partial charge in [0, 0.05) is 31.1 Å². The van der Waals surface area contributed by atoms with Crippen LogP contribution in [0.3, 0.4) is 0 Å². The number of hydrogen-bond acceptors (Lipinski definition) is 4. The minimum atomic E-state index is -0.481. The number of likely N-dealkylation sites (tertiary alicyclic amines) is 2. The highest BCUT2D eigenvalue weighted by Crippen LogP contribution is 2.22. The Bertz CT molecular complexity index is 485. The molecule has 2 saturated heterocycles. The predicted molar refractivity (Wildman–Crippen MR) is 103 cm³/mol. The first-order chi connectivity index (χ1) is 12.1. The minimum absolute atomic E-state index is 0.00665. The maximum absolute atomic E-state index is 12.6. The van der Waals surface area contributed by atoms with Gasteiger partial charge in [-0.15, -0.1) is 0 Å². The highest BCUT2D eigenvalue weighted by atomic mass is 16.6. The van der Waals surface area contributed by atoms with Crippen LogP contribution in [0.1, 0.15) is 66.7 Å². The van der Waals surface area contributed by atoms with E-state index < -0.39 is 5.60 Å². The molecule has 0 aliphatic carbocycles. The number of carbonyl (C=O) groups is 2. The van der Waals surface area contributed by atoms with E-state index in [2.05, 4.69) is 24.1 Å². The third-order valence-electron chi connectivity index (χ3n) is 5.42. The number of amides is 2. The van der Waals surface area contributed by atoms with Crippen LogP contribution in [-0.4, -0.2) is 65.7 Å². The summed E-state index contributed by atoms with van der Waals surface area (Å²) in [6.07, 6.45) is 4.95. The van der Waals surface area contributed by atoms with Crippen molar-refractivity contribution in [3.8, 4) is 0 Å². The molecule has 2 fully saturated rings. The van der Waals surface area contributed by atoms with E-state index in [9.17, 15) is 9.59 Å². The van der Waals surface area contributed by atoms with Crippen molar-refractivity contribution >= 4 is 12.0 Å². The number of hydrogen-bond donors (Lipinski definition) is 1. The van der Waals surface area contributed by atoms with Crippen LogP contribution in [0.4, 0.5) is 4.79 Å². The van der Waals surface area contributed by atoms with E-state index >= 15 is 0 Å². The lowest BCUT2D eigenvalue weighted by Gasteiger charge is -2.41. The van der Waals surface area contributed by atoms with Crippen LogP contribution >= 0.6 is 0 Å². The molecule has 0 radical (unpaired) electrons. The second kappa shape index (κ2) is 8.59. The van der Waals surface area contributed by atoms with Gasteiger partial charge in [0.05, 0.1) is 0 Å².